The second kappa shape index (κ2) is 11.7. The highest BCUT2D eigenvalue weighted by molar-refractivity contribution is 5.85. The highest BCUT2D eigenvalue weighted by Gasteiger charge is 2.16. The van der Waals surface area contributed by atoms with E-state index < -0.39 is 0 Å². The first-order valence-electron chi connectivity index (χ1n) is 9.98. The van der Waals surface area contributed by atoms with E-state index in [-0.39, 0.29) is 36.0 Å². The summed E-state index contributed by atoms with van der Waals surface area (Å²) < 4.78 is 37.5. The molecule has 6 heteroatoms. The monoisotopic (exact) mass is 447 g/mol. The van der Waals surface area contributed by atoms with Gasteiger partial charge >= 0.3 is 0 Å². The van der Waals surface area contributed by atoms with Gasteiger partial charge in [0.05, 0.1) is 14.2 Å². The van der Waals surface area contributed by atoms with Crippen molar-refractivity contribution in [2.75, 3.05) is 20.8 Å². The van der Waals surface area contributed by atoms with Gasteiger partial charge in [-0.05, 0) is 73.0 Å². The first kappa shape index (κ1) is 24.6. The summed E-state index contributed by atoms with van der Waals surface area (Å²) in [6.07, 6.45) is 0.787. The number of hydrogen-bond acceptors (Lipinski definition) is 3. The van der Waals surface area contributed by atoms with E-state index in [1.54, 1.807) is 38.5 Å². The van der Waals surface area contributed by atoms with Crippen molar-refractivity contribution in [3.63, 3.8) is 0 Å². The summed E-state index contributed by atoms with van der Waals surface area (Å²) in [4.78, 5) is 0. The summed E-state index contributed by atoms with van der Waals surface area (Å²) in [6.45, 7) is 2.82. The normalized spacial score (nSPS) is 11.7. The molecule has 0 saturated heterocycles. The van der Waals surface area contributed by atoms with Crippen LogP contribution in [0.1, 0.15) is 42.0 Å². The molecule has 0 saturated carbocycles. The summed E-state index contributed by atoms with van der Waals surface area (Å²) in [5.74, 6) is 0.894. The summed E-state index contributed by atoms with van der Waals surface area (Å²) >= 11 is 0. The van der Waals surface area contributed by atoms with Gasteiger partial charge in [-0.15, -0.1) is 12.4 Å². The van der Waals surface area contributed by atoms with Crippen molar-refractivity contribution in [1.82, 2.24) is 5.32 Å². The first-order valence-corrected chi connectivity index (χ1v) is 9.98. The molecule has 1 N–H and O–H groups in total. The molecule has 0 aliphatic rings. The van der Waals surface area contributed by atoms with Crippen molar-refractivity contribution in [2.45, 2.75) is 25.3 Å². The minimum atomic E-state index is -0.267. The Kier molecular flexibility index (Phi) is 9.28. The van der Waals surface area contributed by atoms with Crippen molar-refractivity contribution < 1.29 is 18.3 Å². The maximum absolute atomic E-state index is 13.4. The molecule has 0 heterocycles. The van der Waals surface area contributed by atoms with Crippen LogP contribution < -0.4 is 14.8 Å². The van der Waals surface area contributed by atoms with Crippen molar-refractivity contribution >= 4 is 12.4 Å². The Morgan fingerprint density at radius 3 is 1.71 bits per heavy atom. The lowest BCUT2D eigenvalue weighted by Gasteiger charge is -2.21. The van der Waals surface area contributed by atoms with Crippen LogP contribution in [0.15, 0.2) is 66.7 Å². The van der Waals surface area contributed by atoms with Gasteiger partial charge in [0.25, 0.3) is 0 Å². The van der Waals surface area contributed by atoms with E-state index in [9.17, 15) is 8.78 Å². The lowest BCUT2D eigenvalue weighted by atomic mass is 9.88. The lowest BCUT2D eigenvalue weighted by Crippen LogP contribution is -2.22. The molecule has 1 unspecified atom stereocenters. The predicted molar refractivity (Wildman–Crippen MR) is 122 cm³/mol. The van der Waals surface area contributed by atoms with E-state index in [4.69, 9.17) is 9.47 Å². The van der Waals surface area contributed by atoms with Gasteiger partial charge in [-0.25, -0.2) is 8.78 Å². The van der Waals surface area contributed by atoms with Gasteiger partial charge in [-0.1, -0.05) is 30.3 Å². The van der Waals surface area contributed by atoms with Crippen LogP contribution >= 0.6 is 12.4 Å². The molecule has 3 aromatic carbocycles. The van der Waals surface area contributed by atoms with Gasteiger partial charge in [0.15, 0.2) is 11.5 Å². The minimum Gasteiger partial charge on any atom is -0.493 e. The fraction of sp³-hybridized carbons (Fsp3) is 0.280. The van der Waals surface area contributed by atoms with Gasteiger partial charge in [0.2, 0.25) is 0 Å². The van der Waals surface area contributed by atoms with Crippen LogP contribution in [0.5, 0.6) is 11.5 Å². The topological polar surface area (TPSA) is 30.5 Å². The molecule has 0 aromatic heterocycles. The van der Waals surface area contributed by atoms with Crippen molar-refractivity contribution in [3.8, 4) is 11.5 Å². The van der Waals surface area contributed by atoms with Crippen molar-refractivity contribution in [2.24, 2.45) is 0 Å². The van der Waals surface area contributed by atoms with E-state index in [0.717, 1.165) is 29.7 Å². The highest BCUT2D eigenvalue weighted by Crippen LogP contribution is 2.31. The Morgan fingerprint density at radius 1 is 0.742 bits per heavy atom. The number of ether oxygens (including phenoxy) is 2. The van der Waals surface area contributed by atoms with Crippen molar-refractivity contribution in [1.29, 1.82) is 0 Å². The summed E-state index contributed by atoms with van der Waals surface area (Å²) in [6, 6.07) is 19.0. The number of hydrogen-bond donors (Lipinski definition) is 1. The minimum absolute atomic E-state index is 0. The molecular weight excluding hydrogens is 420 g/mol. The third-order valence-electron chi connectivity index (χ3n) is 5.34. The van der Waals surface area contributed by atoms with Crippen LogP contribution in [0.25, 0.3) is 0 Å². The summed E-state index contributed by atoms with van der Waals surface area (Å²) in [5, 5.41) is 3.54. The molecule has 166 valence electrons. The zero-order valence-corrected chi connectivity index (χ0v) is 18.7. The largest absolute Gasteiger partial charge is 0.493 e. The average Bonchev–Trinajstić information content (AvgIpc) is 2.77. The quantitative estimate of drug-likeness (QED) is 0.419. The van der Waals surface area contributed by atoms with E-state index >= 15 is 0 Å². The van der Waals surface area contributed by atoms with E-state index in [0.29, 0.717) is 11.5 Å². The molecule has 1 atom stereocenters. The predicted octanol–water partition coefficient (Wildman–Crippen LogP) is 6.28. The maximum atomic E-state index is 13.4. The van der Waals surface area contributed by atoms with Crippen LogP contribution in [-0.4, -0.2) is 20.8 Å². The number of benzene rings is 3. The molecule has 3 nitrogen and oxygen atoms in total. The Hall–Kier alpha value is -2.63. The molecular formula is C25H28ClF2NO2. The van der Waals surface area contributed by atoms with Crippen LogP contribution in [0.3, 0.4) is 0 Å². The maximum Gasteiger partial charge on any atom is 0.161 e. The Balaban J connectivity index is 0.00000341. The average molecular weight is 448 g/mol. The van der Waals surface area contributed by atoms with Gasteiger partial charge in [-0.2, -0.15) is 0 Å². The SMILES string of the molecule is COc1ccc(C(C)NCCC(c2ccc(F)cc2)c2ccc(F)cc2)cc1OC.Cl. The molecule has 0 amide bonds. The Morgan fingerprint density at radius 2 is 1.23 bits per heavy atom. The lowest BCUT2D eigenvalue weighted by molar-refractivity contribution is 0.354. The third-order valence-corrected chi connectivity index (χ3v) is 5.34. The fourth-order valence-corrected chi connectivity index (χ4v) is 3.60. The Labute approximate surface area is 188 Å². The number of rotatable bonds is 9. The smallest absolute Gasteiger partial charge is 0.161 e. The van der Waals surface area contributed by atoms with Gasteiger partial charge < -0.3 is 14.8 Å². The zero-order valence-electron chi connectivity index (χ0n) is 17.9. The number of halogens is 3. The van der Waals surface area contributed by atoms with Crippen LogP contribution in [0, 0.1) is 11.6 Å². The molecule has 0 aliphatic carbocycles. The van der Waals surface area contributed by atoms with Gasteiger partial charge in [0, 0.05) is 12.0 Å². The second-order valence-electron chi connectivity index (χ2n) is 7.23. The first-order chi connectivity index (χ1) is 14.5. The standard InChI is InChI=1S/C25H27F2NO2.ClH/c1-17(20-8-13-24(29-2)25(16-20)30-3)28-15-14-23(18-4-9-21(26)10-5-18)19-6-11-22(27)12-7-19;/h4-13,16-17,23,28H,14-15H2,1-3H3;1H. The summed E-state index contributed by atoms with van der Waals surface area (Å²) in [7, 11) is 3.24. The third kappa shape index (κ3) is 6.42. The van der Waals surface area contributed by atoms with Crippen LogP contribution in [0.2, 0.25) is 0 Å². The molecule has 0 fully saturated rings. The molecule has 0 bridgehead atoms. The Bertz CT molecular complexity index is 903. The molecule has 0 aliphatic heterocycles. The molecule has 31 heavy (non-hydrogen) atoms. The molecule has 0 spiro atoms. The highest BCUT2D eigenvalue weighted by atomic mass is 35.5. The number of nitrogens with one attached hydrogen (secondary N) is 1. The van der Waals surface area contributed by atoms with E-state index in [1.165, 1.54) is 24.3 Å². The zero-order chi connectivity index (χ0) is 21.5. The van der Waals surface area contributed by atoms with E-state index in [2.05, 4.69) is 12.2 Å². The molecule has 0 radical (unpaired) electrons. The van der Waals surface area contributed by atoms with Crippen molar-refractivity contribution in [3.05, 3.63) is 95.1 Å². The van der Waals surface area contributed by atoms with Gasteiger partial charge in [-0.3, -0.25) is 0 Å². The van der Waals surface area contributed by atoms with E-state index in [1.807, 2.05) is 18.2 Å². The second-order valence-corrected chi connectivity index (χ2v) is 7.23. The fourth-order valence-electron chi connectivity index (χ4n) is 3.60. The molecule has 3 rings (SSSR count). The number of methoxy groups -OCH3 is 2. The van der Waals surface area contributed by atoms with Crippen LogP contribution in [-0.2, 0) is 0 Å². The summed E-state index contributed by atoms with van der Waals surface area (Å²) in [5.41, 5.74) is 3.10. The van der Waals surface area contributed by atoms with Crippen LogP contribution in [0.4, 0.5) is 8.78 Å². The van der Waals surface area contributed by atoms with Gasteiger partial charge in [0.1, 0.15) is 11.6 Å². The molecule has 3 aromatic rings.